The second-order valence-electron chi connectivity index (χ2n) is 8.57. The normalized spacial score (nSPS) is 13.3. The summed E-state index contributed by atoms with van der Waals surface area (Å²) in [6, 6.07) is 18.3. The van der Waals surface area contributed by atoms with Gasteiger partial charge in [0.25, 0.3) is 0 Å². The standard InChI is InChI=1S/C28H25BrNO5/c1-31-25-8-3-18-13-24-22-15-27-26(34-17-35-27)14-19(22)9-10-30(24)16-23(18)28(25)33-12-2-11-32-21-6-4-20(29)5-7-21/h3-8,13-16H,2,9-12,17H2,1H3/q+1. The van der Waals surface area contributed by atoms with Crippen molar-refractivity contribution >= 4 is 26.7 Å². The minimum absolute atomic E-state index is 0.282. The van der Waals surface area contributed by atoms with Crippen molar-refractivity contribution in [2.45, 2.75) is 19.4 Å². The Labute approximate surface area is 212 Å². The van der Waals surface area contributed by atoms with E-state index in [0.717, 1.165) is 69.1 Å². The molecule has 0 amide bonds. The van der Waals surface area contributed by atoms with Crippen LogP contribution in [0.15, 0.2) is 65.3 Å². The van der Waals surface area contributed by atoms with Crippen molar-refractivity contribution in [3.63, 3.8) is 0 Å². The Morgan fingerprint density at radius 1 is 0.943 bits per heavy atom. The van der Waals surface area contributed by atoms with Crippen LogP contribution in [0.25, 0.3) is 22.0 Å². The Bertz CT molecular complexity index is 1400. The first-order valence-corrected chi connectivity index (χ1v) is 12.5. The molecular formula is C28H25BrNO5+. The van der Waals surface area contributed by atoms with Crippen molar-refractivity contribution < 1.29 is 28.3 Å². The molecule has 6 nitrogen and oxygen atoms in total. The Morgan fingerprint density at radius 2 is 1.74 bits per heavy atom. The smallest absolute Gasteiger partial charge is 0.231 e. The van der Waals surface area contributed by atoms with E-state index in [1.807, 2.05) is 30.3 Å². The second kappa shape index (κ2) is 9.30. The van der Waals surface area contributed by atoms with Crippen LogP contribution < -0.4 is 28.3 Å². The van der Waals surface area contributed by atoms with Gasteiger partial charge in [-0.05, 0) is 59.5 Å². The summed E-state index contributed by atoms with van der Waals surface area (Å²) in [4.78, 5) is 0. The summed E-state index contributed by atoms with van der Waals surface area (Å²) < 4.78 is 32.3. The van der Waals surface area contributed by atoms with E-state index in [9.17, 15) is 0 Å². The largest absolute Gasteiger partial charge is 0.493 e. The van der Waals surface area contributed by atoms with E-state index in [0.29, 0.717) is 13.2 Å². The van der Waals surface area contributed by atoms with E-state index in [-0.39, 0.29) is 6.79 Å². The SMILES string of the molecule is COc1ccc2cc3[n+](cc2c1OCCCOc1ccc(Br)cc1)CCc1cc2c(cc1-3)OCO2. The van der Waals surface area contributed by atoms with Gasteiger partial charge < -0.3 is 23.7 Å². The molecule has 0 fully saturated rings. The molecule has 0 N–H and O–H groups in total. The van der Waals surface area contributed by atoms with Gasteiger partial charge in [0.05, 0.1) is 31.3 Å². The summed E-state index contributed by atoms with van der Waals surface area (Å²) in [6.45, 7) is 2.27. The Balaban J connectivity index is 1.25. The molecule has 0 spiro atoms. The first-order valence-electron chi connectivity index (χ1n) is 11.7. The number of ether oxygens (including phenoxy) is 5. The molecule has 3 aromatic carbocycles. The third-order valence-electron chi connectivity index (χ3n) is 6.41. The number of halogens is 1. The van der Waals surface area contributed by atoms with E-state index in [1.165, 1.54) is 11.1 Å². The van der Waals surface area contributed by atoms with Gasteiger partial charge in [-0.2, -0.15) is 4.57 Å². The number of aryl methyl sites for hydroxylation is 2. The molecule has 0 atom stereocenters. The van der Waals surface area contributed by atoms with Crippen LogP contribution in [-0.2, 0) is 13.0 Å². The molecule has 2 aliphatic heterocycles. The van der Waals surface area contributed by atoms with Crippen molar-refractivity contribution in [3.8, 4) is 40.0 Å². The fourth-order valence-electron chi connectivity index (χ4n) is 4.66. The predicted molar refractivity (Wildman–Crippen MR) is 136 cm³/mol. The zero-order valence-electron chi connectivity index (χ0n) is 19.4. The maximum Gasteiger partial charge on any atom is 0.231 e. The summed E-state index contributed by atoms with van der Waals surface area (Å²) in [5.41, 5.74) is 3.63. The first kappa shape index (κ1) is 22.0. The summed E-state index contributed by atoms with van der Waals surface area (Å²) in [6.07, 6.45) is 3.87. The number of hydrogen-bond donors (Lipinski definition) is 0. The van der Waals surface area contributed by atoms with Crippen molar-refractivity contribution in [1.82, 2.24) is 0 Å². The highest BCUT2D eigenvalue weighted by atomic mass is 79.9. The summed E-state index contributed by atoms with van der Waals surface area (Å²) in [7, 11) is 1.68. The third-order valence-corrected chi connectivity index (χ3v) is 6.94. The van der Waals surface area contributed by atoms with Crippen molar-refractivity contribution in [2.24, 2.45) is 0 Å². The fraction of sp³-hybridized carbons (Fsp3) is 0.250. The highest BCUT2D eigenvalue weighted by Crippen LogP contribution is 2.41. The lowest BCUT2D eigenvalue weighted by Crippen LogP contribution is -2.40. The molecule has 1 aromatic heterocycles. The molecule has 0 bridgehead atoms. The highest BCUT2D eigenvalue weighted by Gasteiger charge is 2.28. The average Bonchev–Trinajstić information content (AvgIpc) is 3.34. The molecule has 7 heteroatoms. The van der Waals surface area contributed by atoms with Crippen LogP contribution >= 0.6 is 15.9 Å². The van der Waals surface area contributed by atoms with Crippen LogP contribution in [0.1, 0.15) is 12.0 Å². The Morgan fingerprint density at radius 3 is 2.57 bits per heavy atom. The van der Waals surface area contributed by atoms with Gasteiger partial charge in [0.1, 0.15) is 5.75 Å². The molecule has 6 rings (SSSR count). The number of fused-ring (bicyclic) bond motifs is 5. The zero-order chi connectivity index (χ0) is 23.8. The van der Waals surface area contributed by atoms with Gasteiger partial charge in [0.2, 0.25) is 12.5 Å². The minimum Gasteiger partial charge on any atom is -0.493 e. The van der Waals surface area contributed by atoms with Gasteiger partial charge in [0.15, 0.2) is 35.7 Å². The molecule has 0 unspecified atom stereocenters. The third kappa shape index (κ3) is 4.25. The van der Waals surface area contributed by atoms with Crippen molar-refractivity contribution in [2.75, 3.05) is 27.1 Å². The van der Waals surface area contributed by atoms with Gasteiger partial charge in [-0.25, -0.2) is 0 Å². The Kier molecular flexibility index (Phi) is 5.86. The molecule has 0 saturated carbocycles. The van der Waals surface area contributed by atoms with Gasteiger partial charge in [-0.15, -0.1) is 0 Å². The maximum atomic E-state index is 6.26. The van der Waals surface area contributed by atoms with Gasteiger partial charge in [0, 0.05) is 23.4 Å². The molecule has 4 aromatic rings. The molecule has 0 aliphatic carbocycles. The summed E-state index contributed by atoms with van der Waals surface area (Å²) in [5, 5.41) is 2.13. The number of hydrogen-bond acceptors (Lipinski definition) is 5. The van der Waals surface area contributed by atoms with E-state index in [1.54, 1.807) is 7.11 Å². The molecule has 2 aliphatic rings. The zero-order valence-corrected chi connectivity index (χ0v) is 21.0. The van der Waals surface area contributed by atoms with E-state index in [4.69, 9.17) is 23.7 Å². The number of rotatable bonds is 7. The number of benzene rings is 3. The van der Waals surface area contributed by atoms with E-state index < -0.39 is 0 Å². The van der Waals surface area contributed by atoms with Crippen LogP contribution in [0.3, 0.4) is 0 Å². The lowest BCUT2D eigenvalue weighted by atomic mass is 9.95. The van der Waals surface area contributed by atoms with Crippen LogP contribution in [0, 0.1) is 0 Å². The molecule has 0 radical (unpaired) electrons. The van der Waals surface area contributed by atoms with E-state index in [2.05, 4.69) is 51.0 Å². The Hall–Kier alpha value is -3.45. The fourth-order valence-corrected chi connectivity index (χ4v) is 4.93. The molecule has 35 heavy (non-hydrogen) atoms. The number of aromatic nitrogens is 1. The predicted octanol–water partition coefficient (Wildman–Crippen LogP) is 5.70. The summed E-state index contributed by atoms with van der Waals surface area (Å²) >= 11 is 3.44. The highest BCUT2D eigenvalue weighted by molar-refractivity contribution is 9.10. The van der Waals surface area contributed by atoms with Gasteiger partial charge in [-0.3, -0.25) is 0 Å². The van der Waals surface area contributed by atoms with Gasteiger partial charge in [-0.1, -0.05) is 15.9 Å². The van der Waals surface area contributed by atoms with Crippen LogP contribution in [0.5, 0.6) is 28.7 Å². The van der Waals surface area contributed by atoms with Gasteiger partial charge >= 0.3 is 0 Å². The molecular weight excluding hydrogens is 510 g/mol. The van der Waals surface area contributed by atoms with Crippen molar-refractivity contribution in [1.29, 1.82) is 0 Å². The molecule has 0 saturated heterocycles. The topological polar surface area (TPSA) is 50.0 Å². The number of methoxy groups -OCH3 is 1. The lowest BCUT2D eigenvalue weighted by molar-refractivity contribution is -0.686. The number of pyridine rings is 1. The first-order chi connectivity index (χ1) is 17.2. The lowest BCUT2D eigenvalue weighted by Gasteiger charge is -2.18. The maximum absolute atomic E-state index is 6.26. The molecule has 3 heterocycles. The van der Waals surface area contributed by atoms with Crippen molar-refractivity contribution in [3.05, 3.63) is 70.8 Å². The molecule has 178 valence electrons. The summed E-state index contributed by atoms with van der Waals surface area (Å²) in [5.74, 6) is 3.98. The van der Waals surface area contributed by atoms with Crippen LogP contribution in [0.4, 0.5) is 0 Å². The minimum atomic E-state index is 0.282. The van der Waals surface area contributed by atoms with Crippen LogP contribution in [-0.4, -0.2) is 27.1 Å². The second-order valence-corrected chi connectivity index (χ2v) is 9.48. The van der Waals surface area contributed by atoms with Crippen LogP contribution in [0.2, 0.25) is 0 Å². The number of nitrogens with zero attached hydrogens (tertiary/aromatic N) is 1. The quantitative estimate of drug-likeness (QED) is 0.225. The monoisotopic (exact) mass is 534 g/mol. The van der Waals surface area contributed by atoms with E-state index >= 15 is 0 Å². The average molecular weight is 535 g/mol.